The third-order valence-electron chi connectivity index (χ3n) is 3.87. The van der Waals surface area contributed by atoms with Crippen molar-refractivity contribution >= 4 is 33.7 Å². The van der Waals surface area contributed by atoms with Gasteiger partial charge in [0, 0.05) is 16.3 Å². The molecular formula is C19H18N2O3. The number of benzene rings is 2. The number of pyridine rings is 1. The van der Waals surface area contributed by atoms with E-state index in [1.807, 2.05) is 37.3 Å². The van der Waals surface area contributed by atoms with Crippen LogP contribution in [0.3, 0.4) is 0 Å². The lowest BCUT2D eigenvalue weighted by molar-refractivity contribution is 0.0502. The standard InChI is InChI=1S/C19H18N2O3/c1-2-3-8-24-19(23)15-10-13(18(20)22)11-17-14(15)9-12-6-4-5-7-16(12)21-17/h4-7,9-11H,2-3,8H2,1H3,(H2,20,22). The number of amides is 1. The summed E-state index contributed by atoms with van der Waals surface area (Å²) in [6, 6.07) is 12.6. The van der Waals surface area contributed by atoms with Crippen LogP contribution in [0.25, 0.3) is 21.8 Å². The Morgan fingerprint density at radius 3 is 2.67 bits per heavy atom. The largest absolute Gasteiger partial charge is 0.462 e. The molecule has 0 fully saturated rings. The van der Waals surface area contributed by atoms with Gasteiger partial charge < -0.3 is 10.5 Å². The number of carbonyl (C=O) groups is 2. The Morgan fingerprint density at radius 2 is 1.92 bits per heavy atom. The summed E-state index contributed by atoms with van der Waals surface area (Å²) < 4.78 is 5.30. The van der Waals surface area contributed by atoms with Crippen LogP contribution in [0.4, 0.5) is 0 Å². The maximum Gasteiger partial charge on any atom is 0.338 e. The molecule has 0 saturated carbocycles. The molecule has 0 bridgehead atoms. The van der Waals surface area contributed by atoms with E-state index in [1.165, 1.54) is 6.07 Å². The number of nitrogens with two attached hydrogens (primary N) is 1. The van der Waals surface area contributed by atoms with Gasteiger partial charge in [0.05, 0.1) is 23.2 Å². The van der Waals surface area contributed by atoms with Gasteiger partial charge in [0.15, 0.2) is 0 Å². The Balaban J connectivity index is 2.18. The van der Waals surface area contributed by atoms with Crippen LogP contribution in [-0.4, -0.2) is 23.5 Å². The molecule has 3 rings (SSSR count). The minimum Gasteiger partial charge on any atom is -0.462 e. The number of ether oxygens (including phenoxy) is 1. The Kier molecular flexibility index (Phi) is 4.42. The molecule has 0 aliphatic heterocycles. The van der Waals surface area contributed by atoms with Crippen LogP contribution in [-0.2, 0) is 4.74 Å². The van der Waals surface area contributed by atoms with Crippen molar-refractivity contribution in [2.24, 2.45) is 5.73 Å². The number of hydrogen-bond donors (Lipinski definition) is 1. The van der Waals surface area contributed by atoms with Gasteiger partial charge in [0.2, 0.25) is 5.91 Å². The van der Waals surface area contributed by atoms with Gasteiger partial charge in [-0.25, -0.2) is 9.78 Å². The van der Waals surface area contributed by atoms with Crippen LogP contribution < -0.4 is 5.73 Å². The quantitative estimate of drug-likeness (QED) is 0.443. The first-order valence-electron chi connectivity index (χ1n) is 7.90. The van der Waals surface area contributed by atoms with E-state index in [-0.39, 0.29) is 5.56 Å². The summed E-state index contributed by atoms with van der Waals surface area (Å²) in [5, 5.41) is 1.57. The Morgan fingerprint density at radius 1 is 1.12 bits per heavy atom. The maximum atomic E-state index is 12.4. The summed E-state index contributed by atoms with van der Waals surface area (Å²) in [5.41, 5.74) is 7.29. The van der Waals surface area contributed by atoms with Gasteiger partial charge in [-0.1, -0.05) is 31.5 Å². The van der Waals surface area contributed by atoms with Crippen LogP contribution in [0, 0.1) is 0 Å². The van der Waals surface area contributed by atoms with Crippen LogP contribution in [0.15, 0.2) is 42.5 Å². The molecule has 0 atom stereocenters. The van der Waals surface area contributed by atoms with Crippen molar-refractivity contribution in [3.05, 3.63) is 53.6 Å². The number of nitrogens with zero attached hydrogens (tertiary/aromatic N) is 1. The molecule has 0 aliphatic carbocycles. The summed E-state index contributed by atoms with van der Waals surface area (Å²) in [6.45, 7) is 2.37. The summed E-state index contributed by atoms with van der Waals surface area (Å²) in [4.78, 5) is 28.6. The van der Waals surface area contributed by atoms with Crippen LogP contribution in [0.5, 0.6) is 0 Å². The van der Waals surface area contributed by atoms with E-state index in [9.17, 15) is 9.59 Å². The smallest absolute Gasteiger partial charge is 0.338 e. The number of hydrogen-bond acceptors (Lipinski definition) is 4. The number of para-hydroxylation sites is 1. The average molecular weight is 322 g/mol. The number of aromatic nitrogens is 1. The molecule has 24 heavy (non-hydrogen) atoms. The molecule has 2 aromatic carbocycles. The van der Waals surface area contributed by atoms with Crippen molar-refractivity contribution in [2.45, 2.75) is 19.8 Å². The van der Waals surface area contributed by atoms with Gasteiger partial charge in [-0.15, -0.1) is 0 Å². The molecule has 0 spiro atoms. The topological polar surface area (TPSA) is 82.3 Å². The fraction of sp³-hybridized carbons (Fsp3) is 0.211. The van der Waals surface area contributed by atoms with E-state index < -0.39 is 11.9 Å². The highest BCUT2D eigenvalue weighted by molar-refractivity contribution is 6.09. The first-order chi connectivity index (χ1) is 11.6. The molecule has 2 N–H and O–H groups in total. The monoisotopic (exact) mass is 322 g/mol. The van der Waals surface area contributed by atoms with E-state index >= 15 is 0 Å². The minimum atomic E-state index is -0.602. The number of rotatable bonds is 5. The zero-order valence-corrected chi connectivity index (χ0v) is 13.4. The van der Waals surface area contributed by atoms with Crippen molar-refractivity contribution < 1.29 is 14.3 Å². The lowest BCUT2D eigenvalue weighted by Gasteiger charge is -2.10. The summed E-state index contributed by atoms with van der Waals surface area (Å²) in [5.74, 6) is -1.07. The molecule has 0 unspecified atom stereocenters. The third-order valence-corrected chi connectivity index (χ3v) is 3.87. The van der Waals surface area contributed by atoms with Crippen LogP contribution in [0.2, 0.25) is 0 Å². The number of esters is 1. The molecule has 1 heterocycles. The van der Waals surface area contributed by atoms with Crippen molar-refractivity contribution in [3.63, 3.8) is 0 Å². The van der Waals surface area contributed by atoms with Crippen molar-refractivity contribution in [1.29, 1.82) is 0 Å². The van der Waals surface area contributed by atoms with E-state index in [1.54, 1.807) is 6.07 Å². The van der Waals surface area contributed by atoms with Crippen molar-refractivity contribution in [3.8, 4) is 0 Å². The fourth-order valence-corrected chi connectivity index (χ4v) is 2.58. The van der Waals surface area contributed by atoms with E-state index in [0.717, 1.165) is 23.7 Å². The highest BCUT2D eigenvalue weighted by Crippen LogP contribution is 2.25. The number of carbonyl (C=O) groups excluding carboxylic acids is 2. The number of unbranched alkanes of at least 4 members (excludes halogenated alkanes) is 1. The fourth-order valence-electron chi connectivity index (χ4n) is 2.58. The predicted molar refractivity (Wildman–Crippen MR) is 93.0 cm³/mol. The highest BCUT2D eigenvalue weighted by Gasteiger charge is 2.16. The maximum absolute atomic E-state index is 12.4. The molecule has 122 valence electrons. The second-order valence-corrected chi connectivity index (χ2v) is 5.63. The molecule has 0 aliphatic rings. The molecule has 0 saturated heterocycles. The normalized spacial score (nSPS) is 10.9. The van der Waals surface area contributed by atoms with E-state index in [4.69, 9.17) is 10.5 Å². The first-order valence-corrected chi connectivity index (χ1v) is 7.90. The van der Waals surface area contributed by atoms with E-state index in [2.05, 4.69) is 4.98 Å². The van der Waals surface area contributed by atoms with Crippen LogP contribution in [0.1, 0.15) is 40.5 Å². The second kappa shape index (κ2) is 6.66. The molecule has 1 aromatic heterocycles. The van der Waals surface area contributed by atoms with Gasteiger partial charge in [-0.3, -0.25) is 4.79 Å². The van der Waals surface area contributed by atoms with E-state index in [0.29, 0.717) is 23.1 Å². The molecule has 0 radical (unpaired) electrons. The summed E-state index contributed by atoms with van der Waals surface area (Å²) >= 11 is 0. The van der Waals surface area contributed by atoms with Gasteiger partial charge >= 0.3 is 5.97 Å². The number of fused-ring (bicyclic) bond motifs is 2. The van der Waals surface area contributed by atoms with Gasteiger partial charge in [0.25, 0.3) is 0 Å². The lowest BCUT2D eigenvalue weighted by atomic mass is 10.0. The minimum absolute atomic E-state index is 0.243. The van der Waals surface area contributed by atoms with Crippen molar-refractivity contribution in [2.75, 3.05) is 6.61 Å². The SMILES string of the molecule is CCCCOC(=O)c1cc(C(N)=O)cc2nc3ccccc3cc12. The molecule has 1 amide bonds. The Hall–Kier alpha value is -2.95. The molecule has 5 nitrogen and oxygen atoms in total. The average Bonchev–Trinajstić information content (AvgIpc) is 2.59. The second-order valence-electron chi connectivity index (χ2n) is 5.63. The third kappa shape index (κ3) is 3.06. The number of primary amides is 1. The summed E-state index contributed by atoms with van der Waals surface area (Å²) in [7, 11) is 0. The van der Waals surface area contributed by atoms with Gasteiger partial charge in [-0.05, 0) is 30.7 Å². The zero-order chi connectivity index (χ0) is 17.1. The Labute approximate surface area is 139 Å². The van der Waals surface area contributed by atoms with Gasteiger partial charge in [-0.2, -0.15) is 0 Å². The molecule has 5 heteroatoms. The zero-order valence-electron chi connectivity index (χ0n) is 13.4. The lowest BCUT2D eigenvalue weighted by Crippen LogP contribution is -2.14. The van der Waals surface area contributed by atoms with Crippen molar-refractivity contribution in [1.82, 2.24) is 4.98 Å². The van der Waals surface area contributed by atoms with Crippen LogP contribution >= 0.6 is 0 Å². The first kappa shape index (κ1) is 15.9. The molecule has 3 aromatic rings. The Bertz CT molecular complexity index is 934. The highest BCUT2D eigenvalue weighted by atomic mass is 16.5. The molecular weight excluding hydrogens is 304 g/mol. The predicted octanol–water partition coefficient (Wildman–Crippen LogP) is 3.44. The summed E-state index contributed by atoms with van der Waals surface area (Å²) in [6.07, 6.45) is 1.72. The van der Waals surface area contributed by atoms with Gasteiger partial charge in [0.1, 0.15) is 0 Å².